The Hall–Kier alpha value is -1.00. The Morgan fingerprint density at radius 3 is 2.57 bits per heavy atom. The van der Waals surface area contributed by atoms with Crippen LogP contribution in [0.15, 0.2) is 24.3 Å². The molecule has 1 saturated heterocycles. The van der Waals surface area contributed by atoms with Crippen LogP contribution in [0.2, 0.25) is 5.02 Å². The summed E-state index contributed by atoms with van der Waals surface area (Å²) in [4.78, 5) is 23.8. The van der Waals surface area contributed by atoms with Crippen molar-refractivity contribution in [3.8, 4) is 0 Å². The zero-order valence-corrected chi connectivity index (χ0v) is 8.64. The number of hydrogen-bond donors (Lipinski definition) is 0. The molecule has 2 amide bonds. The van der Waals surface area contributed by atoms with Gasteiger partial charge in [0.25, 0.3) is 5.24 Å². The molecule has 1 aliphatic rings. The highest BCUT2D eigenvalue weighted by molar-refractivity contribution is 8.15. The Morgan fingerprint density at radius 2 is 2.00 bits per heavy atom. The maximum Gasteiger partial charge on any atom is 0.293 e. The zero-order valence-electron chi connectivity index (χ0n) is 7.07. The van der Waals surface area contributed by atoms with E-state index in [1.165, 1.54) is 0 Å². The first-order chi connectivity index (χ1) is 6.70. The lowest BCUT2D eigenvalue weighted by Crippen LogP contribution is -2.28. The number of carbonyl (C=O) groups excluding carboxylic acids is 2. The molecular weight excluding hydrogens is 222 g/mol. The molecule has 0 aliphatic carbocycles. The van der Waals surface area contributed by atoms with Crippen LogP contribution in [0.25, 0.3) is 0 Å². The third-order valence-electron chi connectivity index (χ3n) is 1.84. The predicted molar refractivity (Wildman–Crippen MR) is 56.8 cm³/mol. The number of thioether (sulfide) groups is 1. The number of nitrogens with zero attached hydrogens (tertiary/aromatic N) is 1. The average molecular weight is 228 g/mol. The van der Waals surface area contributed by atoms with E-state index >= 15 is 0 Å². The zero-order chi connectivity index (χ0) is 10.1. The summed E-state index contributed by atoms with van der Waals surface area (Å²) in [7, 11) is 0. The number of benzene rings is 1. The number of carbonyl (C=O) groups is 2. The van der Waals surface area contributed by atoms with E-state index in [4.69, 9.17) is 11.6 Å². The second kappa shape index (κ2) is 3.63. The van der Waals surface area contributed by atoms with Crippen molar-refractivity contribution in [1.29, 1.82) is 0 Å². The SMILES string of the molecule is O=C1CSC(=O)N1c1ccccc1Cl. The fourth-order valence-electron chi connectivity index (χ4n) is 1.22. The Bertz CT molecular complexity index is 392. The molecule has 3 nitrogen and oxygen atoms in total. The van der Waals surface area contributed by atoms with Crippen molar-refractivity contribution in [3.63, 3.8) is 0 Å². The van der Waals surface area contributed by atoms with Gasteiger partial charge < -0.3 is 0 Å². The molecule has 0 unspecified atom stereocenters. The number of anilines is 1. The number of rotatable bonds is 1. The van der Waals surface area contributed by atoms with Gasteiger partial charge in [-0.3, -0.25) is 9.59 Å². The second-order valence-corrected chi connectivity index (χ2v) is 4.07. The van der Waals surface area contributed by atoms with E-state index in [2.05, 4.69) is 0 Å². The molecule has 14 heavy (non-hydrogen) atoms. The van der Waals surface area contributed by atoms with Gasteiger partial charge in [0.05, 0.1) is 16.5 Å². The molecule has 1 aromatic rings. The number of imide groups is 1. The minimum atomic E-state index is -0.261. The van der Waals surface area contributed by atoms with E-state index in [0.717, 1.165) is 16.7 Å². The summed E-state index contributed by atoms with van der Waals surface area (Å²) in [6, 6.07) is 6.80. The van der Waals surface area contributed by atoms with Crippen LogP contribution in [0.5, 0.6) is 0 Å². The van der Waals surface area contributed by atoms with Gasteiger partial charge in [0.15, 0.2) is 0 Å². The van der Waals surface area contributed by atoms with Crippen molar-refractivity contribution in [2.45, 2.75) is 0 Å². The first-order valence-electron chi connectivity index (χ1n) is 3.94. The van der Waals surface area contributed by atoms with Gasteiger partial charge in [-0.15, -0.1) is 0 Å². The van der Waals surface area contributed by atoms with E-state index in [1.807, 2.05) is 0 Å². The lowest BCUT2D eigenvalue weighted by Gasteiger charge is -2.13. The highest BCUT2D eigenvalue weighted by atomic mass is 35.5. The molecule has 5 heteroatoms. The van der Waals surface area contributed by atoms with Gasteiger partial charge in [-0.1, -0.05) is 35.5 Å². The summed E-state index contributed by atoms with van der Waals surface area (Å²) < 4.78 is 0. The summed E-state index contributed by atoms with van der Waals surface area (Å²) in [6.45, 7) is 0. The molecule has 0 bridgehead atoms. The number of hydrogen-bond acceptors (Lipinski definition) is 3. The number of para-hydroxylation sites is 1. The van der Waals surface area contributed by atoms with Crippen LogP contribution in [0.1, 0.15) is 0 Å². The molecule has 0 radical (unpaired) electrons. The van der Waals surface area contributed by atoms with Gasteiger partial charge in [0, 0.05) is 0 Å². The molecule has 1 aromatic carbocycles. The van der Waals surface area contributed by atoms with Crippen molar-refractivity contribution in [2.75, 3.05) is 10.7 Å². The van der Waals surface area contributed by atoms with Gasteiger partial charge in [-0.2, -0.15) is 0 Å². The minimum Gasteiger partial charge on any atom is -0.273 e. The standard InChI is InChI=1S/C9H6ClNO2S/c10-6-3-1-2-4-7(6)11-8(12)5-14-9(11)13/h1-4H,5H2. The van der Waals surface area contributed by atoms with E-state index in [-0.39, 0.29) is 16.9 Å². The van der Waals surface area contributed by atoms with Crippen molar-refractivity contribution in [2.24, 2.45) is 0 Å². The number of amides is 2. The molecule has 1 aliphatic heterocycles. The second-order valence-electron chi connectivity index (χ2n) is 2.74. The van der Waals surface area contributed by atoms with Gasteiger partial charge in [-0.05, 0) is 12.1 Å². The van der Waals surface area contributed by atoms with Crippen molar-refractivity contribution in [3.05, 3.63) is 29.3 Å². The van der Waals surface area contributed by atoms with Crippen LogP contribution in [0, 0.1) is 0 Å². The molecule has 1 fully saturated rings. The van der Waals surface area contributed by atoms with Gasteiger partial charge in [-0.25, -0.2) is 4.90 Å². The van der Waals surface area contributed by atoms with Crippen LogP contribution < -0.4 is 4.90 Å². The molecular formula is C9H6ClNO2S. The highest BCUT2D eigenvalue weighted by Crippen LogP contribution is 2.31. The topological polar surface area (TPSA) is 37.4 Å². The fourth-order valence-corrected chi connectivity index (χ4v) is 2.15. The Morgan fingerprint density at radius 1 is 1.29 bits per heavy atom. The van der Waals surface area contributed by atoms with Crippen LogP contribution in [0.4, 0.5) is 10.5 Å². The summed E-state index contributed by atoms with van der Waals surface area (Å²) >= 11 is 6.88. The molecule has 2 rings (SSSR count). The molecule has 0 aromatic heterocycles. The van der Waals surface area contributed by atoms with Crippen LogP contribution >= 0.6 is 23.4 Å². The van der Waals surface area contributed by atoms with Crippen LogP contribution in [0.3, 0.4) is 0 Å². The normalized spacial score (nSPS) is 16.5. The van der Waals surface area contributed by atoms with Gasteiger partial charge >= 0.3 is 0 Å². The minimum absolute atomic E-state index is 0.198. The van der Waals surface area contributed by atoms with Gasteiger partial charge in [0.1, 0.15) is 0 Å². The maximum absolute atomic E-state index is 11.4. The smallest absolute Gasteiger partial charge is 0.273 e. The Labute approximate surface area is 90.0 Å². The monoisotopic (exact) mass is 227 g/mol. The number of halogens is 1. The van der Waals surface area contributed by atoms with E-state index in [9.17, 15) is 9.59 Å². The predicted octanol–water partition coefficient (Wildman–Crippen LogP) is 2.54. The third-order valence-corrected chi connectivity index (χ3v) is 2.98. The first kappa shape index (κ1) is 9.55. The highest BCUT2D eigenvalue weighted by Gasteiger charge is 2.32. The third kappa shape index (κ3) is 1.51. The maximum atomic E-state index is 11.4. The van der Waals surface area contributed by atoms with Crippen molar-refractivity contribution < 1.29 is 9.59 Å². The molecule has 1 heterocycles. The van der Waals surface area contributed by atoms with E-state index < -0.39 is 0 Å². The van der Waals surface area contributed by atoms with Gasteiger partial charge in [0.2, 0.25) is 5.91 Å². The summed E-state index contributed by atoms with van der Waals surface area (Å²) in [6.07, 6.45) is 0. The van der Waals surface area contributed by atoms with Crippen molar-refractivity contribution >= 4 is 40.2 Å². The fraction of sp³-hybridized carbons (Fsp3) is 0.111. The molecule has 72 valence electrons. The van der Waals surface area contributed by atoms with Crippen molar-refractivity contribution in [1.82, 2.24) is 0 Å². The molecule has 0 saturated carbocycles. The lowest BCUT2D eigenvalue weighted by molar-refractivity contribution is -0.115. The van der Waals surface area contributed by atoms with E-state index in [0.29, 0.717) is 10.7 Å². The average Bonchev–Trinajstić information content (AvgIpc) is 2.48. The summed E-state index contributed by atoms with van der Waals surface area (Å²) in [5.74, 6) is -0.0163. The quantitative estimate of drug-likeness (QED) is 0.740. The Kier molecular flexibility index (Phi) is 2.48. The summed E-state index contributed by atoms with van der Waals surface area (Å²) in [5.41, 5.74) is 0.467. The largest absolute Gasteiger partial charge is 0.293 e. The summed E-state index contributed by atoms with van der Waals surface area (Å²) in [5, 5.41) is 0.153. The van der Waals surface area contributed by atoms with E-state index in [1.54, 1.807) is 24.3 Å². The molecule has 0 N–H and O–H groups in total. The molecule has 0 spiro atoms. The van der Waals surface area contributed by atoms with Crippen LogP contribution in [-0.2, 0) is 4.79 Å². The van der Waals surface area contributed by atoms with Crippen LogP contribution in [-0.4, -0.2) is 16.9 Å². The molecule has 0 atom stereocenters. The first-order valence-corrected chi connectivity index (χ1v) is 5.31. The lowest BCUT2D eigenvalue weighted by atomic mass is 10.3. The Balaban J connectivity index is 2.44.